The van der Waals surface area contributed by atoms with E-state index in [0.717, 1.165) is 5.69 Å². The van der Waals surface area contributed by atoms with E-state index in [4.69, 9.17) is 11.6 Å². The predicted molar refractivity (Wildman–Crippen MR) is 49.2 cm³/mol. The Morgan fingerprint density at radius 2 is 2.33 bits per heavy atom. The van der Waals surface area contributed by atoms with Crippen molar-refractivity contribution in [3.8, 4) is 0 Å². The highest BCUT2D eigenvalue weighted by molar-refractivity contribution is 6.31. The van der Waals surface area contributed by atoms with Gasteiger partial charge in [-0.2, -0.15) is 0 Å². The quantitative estimate of drug-likeness (QED) is 0.768. The predicted octanol–water partition coefficient (Wildman–Crippen LogP) is 2.49. The molecule has 66 valence electrons. The minimum absolute atomic E-state index is 0.495. The van der Waals surface area contributed by atoms with Crippen LogP contribution in [0.1, 0.15) is 30.7 Å². The second kappa shape index (κ2) is 3.87. The van der Waals surface area contributed by atoms with Gasteiger partial charge in [0.2, 0.25) is 0 Å². The molecule has 0 radical (unpaired) electrons. The molecule has 3 heteroatoms. The van der Waals surface area contributed by atoms with E-state index in [9.17, 15) is 5.11 Å². The lowest BCUT2D eigenvalue weighted by molar-refractivity contribution is 0.173. The zero-order valence-electron chi connectivity index (χ0n) is 7.21. The van der Waals surface area contributed by atoms with Crippen molar-refractivity contribution in [1.29, 1.82) is 0 Å². The van der Waals surface area contributed by atoms with Crippen LogP contribution < -0.4 is 0 Å². The Labute approximate surface area is 77.2 Å². The summed E-state index contributed by atoms with van der Waals surface area (Å²) in [5.74, 6) is 0. The number of aliphatic hydroxyl groups is 1. The van der Waals surface area contributed by atoms with Crippen molar-refractivity contribution in [2.24, 2.45) is 0 Å². The summed E-state index contributed by atoms with van der Waals surface area (Å²) >= 11 is 5.90. The lowest BCUT2D eigenvalue weighted by Crippen LogP contribution is -1.97. The maximum absolute atomic E-state index is 9.48. The van der Waals surface area contributed by atoms with Crippen LogP contribution in [0.15, 0.2) is 12.3 Å². The van der Waals surface area contributed by atoms with E-state index < -0.39 is 6.10 Å². The molecular formula is C9H12ClNO. The highest BCUT2D eigenvalue weighted by Gasteiger charge is 2.09. The zero-order chi connectivity index (χ0) is 9.14. The van der Waals surface area contributed by atoms with Crippen LogP contribution in [0.3, 0.4) is 0 Å². The van der Waals surface area contributed by atoms with Crippen LogP contribution in [0.2, 0.25) is 5.02 Å². The molecule has 0 saturated heterocycles. The van der Waals surface area contributed by atoms with Gasteiger partial charge in [-0.05, 0) is 19.4 Å². The lowest BCUT2D eigenvalue weighted by atomic mass is 10.1. The largest absolute Gasteiger partial charge is 0.388 e. The van der Waals surface area contributed by atoms with Crippen LogP contribution in [0, 0.1) is 6.92 Å². The second-order valence-corrected chi connectivity index (χ2v) is 3.18. The van der Waals surface area contributed by atoms with Gasteiger partial charge in [-0.25, -0.2) is 0 Å². The first-order chi connectivity index (χ1) is 5.65. The maximum Gasteiger partial charge on any atom is 0.0816 e. The van der Waals surface area contributed by atoms with Crippen molar-refractivity contribution in [3.05, 3.63) is 28.5 Å². The van der Waals surface area contributed by atoms with Gasteiger partial charge >= 0.3 is 0 Å². The Morgan fingerprint density at radius 1 is 1.67 bits per heavy atom. The molecule has 0 amide bonds. The molecule has 1 aromatic heterocycles. The van der Waals surface area contributed by atoms with Gasteiger partial charge in [0.25, 0.3) is 0 Å². The second-order valence-electron chi connectivity index (χ2n) is 2.77. The fourth-order valence-corrected chi connectivity index (χ4v) is 1.33. The highest BCUT2D eigenvalue weighted by Crippen LogP contribution is 2.24. The monoisotopic (exact) mass is 185 g/mol. The van der Waals surface area contributed by atoms with Gasteiger partial charge in [0.05, 0.1) is 6.10 Å². The molecule has 0 aliphatic heterocycles. The average molecular weight is 186 g/mol. The van der Waals surface area contributed by atoms with Crippen molar-refractivity contribution < 1.29 is 5.11 Å². The van der Waals surface area contributed by atoms with Gasteiger partial charge in [0.1, 0.15) is 0 Å². The van der Waals surface area contributed by atoms with E-state index in [0.29, 0.717) is 17.0 Å². The van der Waals surface area contributed by atoms with Crippen LogP contribution in [-0.2, 0) is 0 Å². The van der Waals surface area contributed by atoms with Crippen molar-refractivity contribution in [2.75, 3.05) is 0 Å². The summed E-state index contributed by atoms with van der Waals surface area (Å²) < 4.78 is 0. The molecular weight excluding hydrogens is 174 g/mol. The molecule has 0 aliphatic rings. The molecule has 1 atom stereocenters. The van der Waals surface area contributed by atoms with E-state index in [1.165, 1.54) is 0 Å². The van der Waals surface area contributed by atoms with Crippen molar-refractivity contribution in [3.63, 3.8) is 0 Å². The summed E-state index contributed by atoms with van der Waals surface area (Å²) in [6, 6.07) is 1.76. The van der Waals surface area contributed by atoms with E-state index >= 15 is 0 Å². The van der Waals surface area contributed by atoms with Crippen LogP contribution >= 0.6 is 11.6 Å². The molecule has 2 nitrogen and oxygen atoms in total. The molecule has 1 unspecified atom stereocenters. The van der Waals surface area contributed by atoms with Gasteiger partial charge in [-0.3, -0.25) is 4.98 Å². The summed E-state index contributed by atoms with van der Waals surface area (Å²) in [5, 5.41) is 10.1. The third kappa shape index (κ3) is 1.96. The van der Waals surface area contributed by atoms with Gasteiger partial charge in [-0.1, -0.05) is 18.5 Å². The van der Waals surface area contributed by atoms with Crippen LogP contribution in [0.25, 0.3) is 0 Å². The first kappa shape index (κ1) is 9.49. The smallest absolute Gasteiger partial charge is 0.0816 e. The number of hydrogen-bond acceptors (Lipinski definition) is 2. The third-order valence-electron chi connectivity index (χ3n) is 1.76. The Bertz CT molecular complexity index is 275. The fraction of sp³-hybridized carbons (Fsp3) is 0.444. The summed E-state index contributed by atoms with van der Waals surface area (Å²) in [6.07, 6.45) is 1.79. The van der Waals surface area contributed by atoms with E-state index in [-0.39, 0.29) is 0 Å². The molecule has 0 aromatic carbocycles. The number of hydrogen-bond donors (Lipinski definition) is 1. The summed E-state index contributed by atoms with van der Waals surface area (Å²) in [7, 11) is 0. The molecule has 0 spiro atoms. The number of aromatic nitrogens is 1. The Kier molecular flexibility index (Phi) is 3.06. The number of aryl methyl sites for hydroxylation is 1. The minimum Gasteiger partial charge on any atom is -0.388 e. The lowest BCUT2D eigenvalue weighted by Gasteiger charge is -2.09. The Balaban J connectivity index is 3.01. The maximum atomic E-state index is 9.48. The van der Waals surface area contributed by atoms with Gasteiger partial charge < -0.3 is 5.11 Å². The minimum atomic E-state index is -0.495. The number of rotatable bonds is 2. The van der Waals surface area contributed by atoms with Crippen LogP contribution in [0.5, 0.6) is 0 Å². The van der Waals surface area contributed by atoms with Crippen LogP contribution in [0.4, 0.5) is 0 Å². The highest BCUT2D eigenvalue weighted by atomic mass is 35.5. The van der Waals surface area contributed by atoms with Crippen molar-refractivity contribution in [1.82, 2.24) is 4.98 Å². The molecule has 12 heavy (non-hydrogen) atoms. The average Bonchev–Trinajstić information content (AvgIpc) is 2.03. The first-order valence-electron chi connectivity index (χ1n) is 3.95. The van der Waals surface area contributed by atoms with Gasteiger partial charge in [0.15, 0.2) is 0 Å². The van der Waals surface area contributed by atoms with Crippen molar-refractivity contribution in [2.45, 2.75) is 26.4 Å². The number of aliphatic hydroxyl groups excluding tert-OH is 1. The topological polar surface area (TPSA) is 33.1 Å². The number of halogens is 1. The number of pyridine rings is 1. The summed E-state index contributed by atoms with van der Waals surface area (Å²) in [6.45, 7) is 3.77. The molecule has 0 saturated carbocycles. The van der Waals surface area contributed by atoms with Crippen LogP contribution in [-0.4, -0.2) is 10.1 Å². The number of nitrogens with zero attached hydrogens (tertiary/aromatic N) is 1. The molecule has 1 heterocycles. The summed E-state index contributed by atoms with van der Waals surface area (Å²) in [5.41, 5.74) is 1.58. The molecule has 1 aromatic rings. The summed E-state index contributed by atoms with van der Waals surface area (Å²) in [4.78, 5) is 4.06. The third-order valence-corrected chi connectivity index (χ3v) is 2.09. The first-order valence-corrected chi connectivity index (χ1v) is 4.33. The standard InChI is InChI=1S/C9H12ClNO/c1-3-9(12)7-5-11-6(2)4-8(7)10/h4-5,9,12H,3H2,1-2H3. The molecule has 1 N–H and O–H groups in total. The normalized spacial score (nSPS) is 13.0. The van der Waals surface area contributed by atoms with E-state index in [1.54, 1.807) is 12.3 Å². The van der Waals surface area contributed by atoms with Crippen molar-refractivity contribution >= 4 is 11.6 Å². The molecule has 0 bridgehead atoms. The molecule has 1 rings (SSSR count). The molecule has 0 fully saturated rings. The van der Waals surface area contributed by atoms with Gasteiger partial charge in [0, 0.05) is 22.5 Å². The Hall–Kier alpha value is -0.600. The molecule has 0 aliphatic carbocycles. The SMILES string of the molecule is CCC(O)c1cnc(C)cc1Cl. The zero-order valence-corrected chi connectivity index (χ0v) is 7.97. The van der Waals surface area contributed by atoms with Gasteiger partial charge in [-0.15, -0.1) is 0 Å². The van der Waals surface area contributed by atoms with E-state index in [2.05, 4.69) is 4.98 Å². The van der Waals surface area contributed by atoms with E-state index in [1.807, 2.05) is 13.8 Å². The fourth-order valence-electron chi connectivity index (χ4n) is 1.00. The Morgan fingerprint density at radius 3 is 2.83 bits per heavy atom.